The van der Waals surface area contributed by atoms with E-state index in [4.69, 9.17) is 31.2 Å². The number of piperazine rings is 1. The van der Waals surface area contributed by atoms with Crippen LogP contribution in [0.2, 0.25) is 0 Å². The fourth-order valence-electron chi connectivity index (χ4n) is 18.8. The van der Waals surface area contributed by atoms with E-state index in [1.165, 1.54) is 6.20 Å². The van der Waals surface area contributed by atoms with Gasteiger partial charge >= 0.3 is 6.03 Å². The first-order valence-electron chi connectivity index (χ1n) is 40.3. The molecule has 10 amide bonds. The van der Waals surface area contributed by atoms with Crippen LogP contribution in [0.3, 0.4) is 0 Å². The van der Waals surface area contributed by atoms with Crippen molar-refractivity contribution in [3.8, 4) is 0 Å². The minimum atomic E-state index is -1.31. The van der Waals surface area contributed by atoms with Crippen LogP contribution in [0.15, 0.2) is 97.3 Å². The van der Waals surface area contributed by atoms with Gasteiger partial charge in [-0.3, -0.25) is 73.1 Å². The zero-order chi connectivity index (χ0) is 79.6. The van der Waals surface area contributed by atoms with Crippen LogP contribution >= 0.6 is 0 Å². The number of amides is 10. The number of likely N-dealkylation sites (N-methyl/N-ethyl adjacent to an activating group) is 2. The molecule has 34 nitrogen and oxygen atoms in total. The van der Waals surface area contributed by atoms with Gasteiger partial charge in [0, 0.05) is 153 Å². The average molecular weight is 1570 g/mol. The van der Waals surface area contributed by atoms with Crippen LogP contribution in [0.4, 0.5) is 56.5 Å². The Balaban J connectivity index is 0.517. The van der Waals surface area contributed by atoms with Crippen molar-refractivity contribution in [3.63, 3.8) is 0 Å². The SMILES string of the molecule is CN1CCN([C@@H]2CCCN(c3cnc(C(N)OC4CN([C@@H]5CCCN(c6cnc(C(N)=O)c(Nc7ccc(C8CCN(c9ccc%10c(c9)C(=O)N(C9CCC(=O)NC9=O)C%10=O)CC8)cc7)n6)C5)C(=O)N4C)c(Nc4ccc(N5CCN(C[C@H]6CCCN(c7ccc8c(c7)C(=O)N(C7CCC(=O)NC7O)C8=O)C6)CC5)cc4)n3)C2)C1O. The Kier molecular flexibility index (Phi) is 21.3. The number of benzene rings is 4. The van der Waals surface area contributed by atoms with Crippen LogP contribution in [0.5, 0.6) is 0 Å². The lowest BCUT2D eigenvalue weighted by Gasteiger charge is -2.40. The molecule has 10 N–H and O–H groups in total. The normalized spacial score (nSPS) is 25.8. The summed E-state index contributed by atoms with van der Waals surface area (Å²) in [5, 5.41) is 33.3. The number of aliphatic hydroxyl groups is 2. The molecule has 2 aromatic heterocycles. The molecule has 11 aliphatic heterocycles. The monoisotopic (exact) mass is 1570 g/mol. The van der Waals surface area contributed by atoms with Crippen LogP contribution < -0.4 is 57.2 Å². The number of urea groups is 1. The summed E-state index contributed by atoms with van der Waals surface area (Å²) >= 11 is 0. The Morgan fingerprint density at radius 2 is 1.16 bits per heavy atom. The second-order valence-electron chi connectivity index (χ2n) is 32.3. The van der Waals surface area contributed by atoms with E-state index < -0.39 is 78.5 Å². The molecule has 4 aromatic carbocycles. The quantitative estimate of drug-likeness (QED) is 0.0399. The van der Waals surface area contributed by atoms with Gasteiger partial charge in [0.05, 0.1) is 53.3 Å². The molecule has 0 radical (unpaired) electrons. The molecule has 0 aliphatic carbocycles. The molecule has 0 saturated carbocycles. The molecule has 6 unspecified atom stereocenters. The number of nitrogens with zero attached hydrogens (tertiary/aromatic N) is 16. The number of primary amides is 1. The van der Waals surface area contributed by atoms with E-state index in [9.17, 15) is 53.4 Å². The van der Waals surface area contributed by atoms with E-state index in [2.05, 4.69) is 72.7 Å². The number of carbonyl (C=O) groups is 9. The molecule has 0 spiro atoms. The lowest BCUT2D eigenvalue weighted by molar-refractivity contribution is -0.136. The summed E-state index contributed by atoms with van der Waals surface area (Å²) in [6.07, 6.45) is 6.84. The van der Waals surface area contributed by atoms with Gasteiger partial charge < -0.3 is 71.8 Å². The van der Waals surface area contributed by atoms with E-state index in [0.717, 1.165) is 149 Å². The lowest BCUT2D eigenvalue weighted by Crippen LogP contribution is -2.57. The zero-order valence-corrected chi connectivity index (χ0v) is 64.6. The molecule has 0 bridgehead atoms. The maximum absolute atomic E-state index is 14.4. The molecule has 115 heavy (non-hydrogen) atoms. The highest BCUT2D eigenvalue weighted by Gasteiger charge is 2.48. The van der Waals surface area contributed by atoms with E-state index in [0.29, 0.717) is 85.0 Å². The number of rotatable bonds is 20. The van der Waals surface area contributed by atoms with Crippen molar-refractivity contribution in [3.05, 3.63) is 137 Å². The van der Waals surface area contributed by atoms with Gasteiger partial charge in [0.15, 0.2) is 36.1 Å². The van der Waals surface area contributed by atoms with Crippen molar-refractivity contribution in [2.45, 2.75) is 132 Å². The van der Waals surface area contributed by atoms with Crippen LogP contribution in [-0.4, -0.2) is 280 Å². The average Bonchev–Trinajstić information content (AvgIpc) is 1.61. The van der Waals surface area contributed by atoms with Crippen molar-refractivity contribution in [2.24, 2.45) is 17.4 Å². The fourth-order valence-corrected chi connectivity index (χ4v) is 18.8. The molecule has 13 heterocycles. The van der Waals surface area contributed by atoms with E-state index in [1.807, 2.05) is 71.4 Å². The molecule has 34 heteroatoms. The summed E-state index contributed by atoms with van der Waals surface area (Å²) in [5.41, 5.74) is 19.8. The maximum Gasteiger partial charge on any atom is 0.322 e. The van der Waals surface area contributed by atoms with Crippen LogP contribution in [0.25, 0.3) is 0 Å². The topological polar surface area (TPSA) is 394 Å². The number of aliphatic hydroxyl groups excluding tert-OH is 2. The van der Waals surface area contributed by atoms with Gasteiger partial charge in [0.1, 0.15) is 29.6 Å². The summed E-state index contributed by atoms with van der Waals surface area (Å²) in [5.74, 6) is -1.74. The Morgan fingerprint density at radius 3 is 1.83 bits per heavy atom. The summed E-state index contributed by atoms with van der Waals surface area (Å²) in [7, 11) is 3.64. The van der Waals surface area contributed by atoms with Crippen molar-refractivity contribution in [1.82, 2.24) is 64.9 Å². The minimum absolute atomic E-state index is 0.0298. The number of piperidine rings is 6. The molecule has 11 aliphatic rings. The molecule has 604 valence electrons. The molecule has 6 aromatic rings. The molecule has 17 rings (SSSR count). The smallest absolute Gasteiger partial charge is 0.322 e. The number of ether oxygens (including phenoxy) is 1. The predicted octanol–water partition coefficient (Wildman–Crippen LogP) is 3.70. The van der Waals surface area contributed by atoms with Gasteiger partial charge in [0.2, 0.25) is 17.7 Å². The predicted molar refractivity (Wildman–Crippen MR) is 425 cm³/mol. The summed E-state index contributed by atoms with van der Waals surface area (Å²) in [6.45, 7) is 11.6. The number of hydrogen-bond donors (Lipinski definition) is 8. The van der Waals surface area contributed by atoms with Gasteiger partial charge in [-0.05, 0) is 161 Å². The number of fused-ring (bicyclic) bond motifs is 2. The van der Waals surface area contributed by atoms with Crippen LogP contribution in [0, 0.1) is 5.92 Å². The number of hydrogen-bond acceptors (Lipinski definition) is 27. The first kappa shape index (κ1) is 76.6. The molecular formula is C81H98N22O12. The highest BCUT2D eigenvalue weighted by Crippen LogP contribution is 2.40. The van der Waals surface area contributed by atoms with Crippen molar-refractivity contribution < 1.29 is 58.1 Å². The Hall–Kier alpha value is -11.0. The second-order valence-corrected chi connectivity index (χ2v) is 32.3. The Morgan fingerprint density at radius 1 is 0.574 bits per heavy atom. The highest BCUT2D eigenvalue weighted by atomic mass is 16.5. The lowest BCUT2D eigenvalue weighted by atomic mass is 9.89. The standard InChI is InChI=1S/C81H98N22O12/c1-92-32-37-100(80(92)113)55-7-4-28-98(44-55)64-41-85-69(73(89-64)87-51-13-15-52(16-14-51)96-35-33-94(34-36-96)42-47-6-3-27-97(43-47)54-18-20-58-60(39-54)79(112)103(77(58)110)62-22-24-66(105)91-75(62)108)71(83)115-67-46-101(81(114)93(67)2)56-8-5-29-99(45-56)63-40-84-68(70(82)106)72(88-63)86-50-11-9-48(10-12-50)49-25-30-95(31-26-49)53-17-19-57-59(38-53)78(111)102(76(57)109)61-21-23-65(104)90-74(61)107/h9-20,38-41,47,49,55-56,61-62,67,71,75,80,108,113H,3-8,21-37,42-46,83H2,1-2H3,(H2,82,106)(H,86,88)(H,87,89)(H,91,105)(H,90,104,107)/t47-,55-,56-,61?,62?,67?,71?,75?,80?/m1/s1. The summed E-state index contributed by atoms with van der Waals surface area (Å²) in [4.78, 5) is 161. The van der Waals surface area contributed by atoms with E-state index in [1.54, 1.807) is 36.3 Å². The first-order valence-corrected chi connectivity index (χ1v) is 40.3. The number of imide groups is 3. The maximum atomic E-state index is 14.4. The van der Waals surface area contributed by atoms with Gasteiger partial charge in [-0.2, -0.15) is 0 Å². The molecule has 9 fully saturated rings. The van der Waals surface area contributed by atoms with Crippen LogP contribution in [0.1, 0.15) is 152 Å². The van der Waals surface area contributed by atoms with Gasteiger partial charge in [0.25, 0.3) is 29.5 Å². The van der Waals surface area contributed by atoms with Crippen molar-refractivity contribution in [1.29, 1.82) is 0 Å². The highest BCUT2D eigenvalue weighted by molar-refractivity contribution is 6.24. The zero-order valence-electron chi connectivity index (χ0n) is 64.6. The third kappa shape index (κ3) is 15.3. The van der Waals surface area contributed by atoms with Gasteiger partial charge in [-0.25, -0.2) is 24.7 Å². The molecular weight excluding hydrogens is 1470 g/mol. The minimum Gasteiger partial charge on any atom is -0.372 e. The first-order chi connectivity index (χ1) is 55.6. The number of nitrogens with two attached hydrogens (primary N) is 2. The van der Waals surface area contributed by atoms with Gasteiger partial charge in [-0.1, -0.05) is 12.1 Å². The van der Waals surface area contributed by atoms with E-state index >= 15 is 0 Å². The van der Waals surface area contributed by atoms with Crippen molar-refractivity contribution >= 4 is 105 Å². The van der Waals surface area contributed by atoms with E-state index in [-0.39, 0.29) is 84.8 Å². The second kappa shape index (κ2) is 32.0. The molecule has 9 atom stereocenters. The number of nitrogens with one attached hydrogen (secondary N) is 4. The third-order valence-corrected chi connectivity index (χ3v) is 25.2. The Bertz CT molecular complexity index is 4790. The van der Waals surface area contributed by atoms with Crippen molar-refractivity contribution in [2.75, 3.05) is 154 Å². The number of aromatic nitrogens is 4. The Labute approximate surface area is 665 Å². The summed E-state index contributed by atoms with van der Waals surface area (Å²) < 4.78 is 6.69. The largest absolute Gasteiger partial charge is 0.372 e. The van der Waals surface area contributed by atoms with Crippen LogP contribution in [-0.2, 0) is 19.1 Å². The molecule has 9 saturated heterocycles. The number of carbonyl (C=O) groups excluding carboxylic acids is 9. The fraction of sp³-hybridized carbons (Fsp3) is 0.494. The third-order valence-electron chi connectivity index (χ3n) is 25.2. The van der Waals surface area contributed by atoms with Gasteiger partial charge in [-0.15, -0.1) is 0 Å². The summed E-state index contributed by atoms with van der Waals surface area (Å²) in [6, 6.07) is 24.6. The number of anilines is 9.